The van der Waals surface area contributed by atoms with Crippen molar-refractivity contribution in [2.75, 3.05) is 5.73 Å². The highest BCUT2D eigenvalue weighted by atomic mass is 16.6. The van der Waals surface area contributed by atoms with Crippen molar-refractivity contribution < 1.29 is 4.84 Å². The molecule has 0 aliphatic rings. The molecule has 2 aromatic rings. The van der Waals surface area contributed by atoms with Gasteiger partial charge in [0.1, 0.15) is 11.5 Å². The van der Waals surface area contributed by atoms with Crippen LogP contribution < -0.4 is 5.73 Å². The molecule has 2 aromatic heterocycles. The molecule has 17 heavy (non-hydrogen) atoms. The number of anilines is 1. The molecule has 0 spiro atoms. The van der Waals surface area contributed by atoms with Crippen LogP contribution >= 0.6 is 0 Å². The average molecular weight is 229 g/mol. The van der Waals surface area contributed by atoms with Gasteiger partial charge in [-0.05, 0) is 12.1 Å². The van der Waals surface area contributed by atoms with Gasteiger partial charge in [0, 0.05) is 6.72 Å². The van der Waals surface area contributed by atoms with Gasteiger partial charge in [0.15, 0.2) is 6.61 Å². The van der Waals surface area contributed by atoms with Crippen molar-refractivity contribution in [3.63, 3.8) is 0 Å². The van der Waals surface area contributed by atoms with Crippen LogP contribution in [-0.2, 0) is 11.4 Å². The topological polar surface area (TPSA) is 86.3 Å². The predicted octanol–water partition coefficient (Wildman–Crippen LogP) is 1.25. The normalized spacial score (nSPS) is 9.88. The Morgan fingerprint density at radius 3 is 2.82 bits per heavy atom. The van der Waals surface area contributed by atoms with E-state index >= 15 is 0 Å². The first kappa shape index (κ1) is 11.0. The Hall–Kier alpha value is -2.50. The largest absolute Gasteiger partial charge is 0.390 e. The fourth-order valence-corrected chi connectivity index (χ4v) is 1.28. The molecule has 0 bridgehead atoms. The van der Waals surface area contributed by atoms with Crippen molar-refractivity contribution in [3.05, 3.63) is 36.3 Å². The van der Waals surface area contributed by atoms with E-state index in [9.17, 15) is 0 Å². The third kappa shape index (κ3) is 2.75. The summed E-state index contributed by atoms with van der Waals surface area (Å²) >= 11 is 0. The van der Waals surface area contributed by atoms with Crippen LogP contribution in [0.25, 0.3) is 11.4 Å². The molecule has 0 saturated carbocycles. The zero-order valence-corrected chi connectivity index (χ0v) is 9.08. The molecule has 0 aromatic carbocycles. The van der Waals surface area contributed by atoms with Gasteiger partial charge in [0.25, 0.3) is 0 Å². The molecule has 0 fully saturated rings. The van der Waals surface area contributed by atoms with Crippen molar-refractivity contribution >= 4 is 12.5 Å². The second-order valence-electron chi connectivity index (χ2n) is 3.24. The maximum Gasteiger partial charge on any atom is 0.159 e. The van der Waals surface area contributed by atoms with Crippen LogP contribution in [0.5, 0.6) is 0 Å². The molecule has 0 saturated heterocycles. The highest BCUT2D eigenvalue weighted by Gasteiger charge is 2.03. The van der Waals surface area contributed by atoms with E-state index in [1.165, 1.54) is 6.20 Å². The summed E-state index contributed by atoms with van der Waals surface area (Å²) in [7, 11) is 0. The molecular weight excluding hydrogens is 218 g/mol. The molecule has 0 aliphatic heterocycles. The molecule has 6 heteroatoms. The summed E-state index contributed by atoms with van der Waals surface area (Å²) < 4.78 is 0. The average Bonchev–Trinajstić information content (AvgIpc) is 2.37. The predicted molar refractivity (Wildman–Crippen MR) is 64.0 cm³/mol. The first-order chi connectivity index (χ1) is 8.29. The van der Waals surface area contributed by atoms with Gasteiger partial charge >= 0.3 is 0 Å². The minimum Gasteiger partial charge on any atom is -0.390 e. The van der Waals surface area contributed by atoms with Gasteiger partial charge in [-0.3, -0.25) is 0 Å². The fraction of sp³-hybridized carbons (Fsp3) is 0.0909. The monoisotopic (exact) mass is 229 g/mol. The van der Waals surface area contributed by atoms with E-state index in [2.05, 4.69) is 26.8 Å². The highest BCUT2D eigenvalue weighted by molar-refractivity contribution is 5.53. The standard InChI is InChI=1S/C11H11N5O/c1-13-17-7-8-3-2-4-9(16-8)10-5-15-11(12)6-14-10/h2-6H,1,7H2,(H2,12,15). The van der Waals surface area contributed by atoms with E-state index in [4.69, 9.17) is 10.6 Å². The van der Waals surface area contributed by atoms with Crippen LogP contribution in [0.3, 0.4) is 0 Å². The lowest BCUT2D eigenvalue weighted by molar-refractivity contribution is 0.130. The van der Waals surface area contributed by atoms with Gasteiger partial charge in [0.05, 0.1) is 23.8 Å². The van der Waals surface area contributed by atoms with Crippen LogP contribution in [-0.4, -0.2) is 21.7 Å². The van der Waals surface area contributed by atoms with E-state index in [-0.39, 0.29) is 6.61 Å². The summed E-state index contributed by atoms with van der Waals surface area (Å²) in [5.74, 6) is 0.379. The van der Waals surface area contributed by atoms with E-state index in [1.54, 1.807) is 6.20 Å². The Bertz CT molecular complexity index is 512. The van der Waals surface area contributed by atoms with Gasteiger partial charge in [0.2, 0.25) is 0 Å². The van der Waals surface area contributed by atoms with Gasteiger partial charge in [-0.2, -0.15) is 0 Å². The Balaban J connectivity index is 2.26. The van der Waals surface area contributed by atoms with Crippen LogP contribution in [0.1, 0.15) is 5.69 Å². The van der Waals surface area contributed by atoms with Gasteiger partial charge in [-0.25, -0.2) is 15.0 Å². The van der Waals surface area contributed by atoms with Crippen molar-refractivity contribution in [2.24, 2.45) is 5.16 Å². The quantitative estimate of drug-likeness (QED) is 0.629. The van der Waals surface area contributed by atoms with Crippen molar-refractivity contribution in [1.82, 2.24) is 15.0 Å². The van der Waals surface area contributed by atoms with Gasteiger partial charge in [-0.15, -0.1) is 5.16 Å². The second kappa shape index (κ2) is 5.02. The molecule has 2 rings (SSSR count). The number of aromatic nitrogens is 3. The fourth-order valence-electron chi connectivity index (χ4n) is 1.28. The van der Waals surface area contributed by atoms with E-state index < -0.39 is 0 Å². The van der Waals surface area contributed by atoms with Gasteiger partial charge in [-0.1, -0.05) is 6.07 Å². The van der Waals surface area contributed by atoms with Crippen molar-refractivity contribution in [2.45, 2.75) is 6.61 Å². The lowest BCUT2D eigenvalue weighted by Crippen LogP contribution is -1.96. The molecular formula is C11H11N5O. The maximum atomic E-state index is 5.47. The maximum absolute atomic E-state index is 5.47. The minimum atomic E-state index is 0.278. The molecule has 2 N–H and O–H groups in total. The second-order valence-corrected chi connectivity index (χ2v) is 3.24. The number of nitrogen functional groups attached to an aromatic ring is 1. The number of hydrogen-bond donors (Lipinski definition) is 1. The molecule has 0 unspecified atom stereocenters. The number of oxime groups is 1. The van der Waals surface area contributed by atoms with Crippen LogP contribution in [0.2, 0.25) is 0 Å². The third-order valence-corrected chi connectivity index (χ3v) is 2.04. The van der Waals surface area contributed by atoms with Crippen LogP contribution in [0, 0.1) is 0 Å². The zero-order chi connectivity index (χ0) is 12.1. The first-order valence-corrected chi connectivity index (χ1v) is 4.91. The summed E-state index contributed by atoms with van der Waals surface area (Å²) in [6.07, 6.45) is 3.07. The number of nitrogens with zero attached hydrogens (tertiary/aromatic N) is 4. The molecule has 0 atom stereocenters. The SMILES string of the molecule is C=NOCc1cccc(-c2cnc(N)cn2)n1. The summed E-state index contributed by atoms with van der Waals surface area (Å²) in [4.78, 5) is 17.3. The Morgan fingerprint density at radius 1 is 1.24 bits per heavy atom. The Labute approximate surface area is 98.2 Å². The van der Waals surface area contributed by atoms with Crippen molar-refractivity contribution in [1.29, 1.82) is 0 Å². The van der Waals surface area contributed by atoms with E-state index in [1.807, 2.05) is 18.2 Å². The minimum absolute atomic E-state index is 0.278. The van der Waals surface area contributed by atoms with E-state index in [0.29, 0.717) is 17.2 Å². The third-order valence-electron chi connectivity index (χ3n) is 2.04. The van der Waals surface area contributed by atoms with Crippen LogP contribution in [0.15, 0.2) is 35.7 Å². The smallest absolute Gasteiger partial charge is 0.159 e. The number of pyridine rings is 1. The van der Waals surface area contributed by atoms with E-state index in [0.717, 1.165) is 5.69 Å². The zero-order valence-electron chi connectivity index (χ0n) is 9.08. The summed E-state index contributed by atoms with van der Waals surface area (Å²) in [5, 5.41) is 3.31. The summed E-state index contributed by atoms with van der Waals surface area (Å²) in [5.41, 5.74) is 7.58. The number of hydrogen-bond acceptors (Lipinski definition) is 6. The number of nitrogens with two attached hydrogens (primary N) is 1. The molecule has 86 valence electrons. The highest BCUT2D eigenvalue weighted by Crippen LogP contribution is 2.14. The molecule has 0 aliphatic carbocycles. The van der Waals surface area contributed by atoms with Crippen molar-refractivity contribution in [3.8, 4) is 11.4 Å². The Kier molecular flexibility index (Phi) is 3.25. The lowest BCUT2D eigenvalue weighted by atomic mass is 10.2. The Morgan fingerprint density at radius 2 is 2.12 bits per heavy atom. The van der Waals surface area contributed by atoms with Crippen LogP contribution in [0.4, 0.5) is 5.82 Å². The molecule has 2 heterocycles. The number of rotatable bonds is 4. The first-order valence-electron chi connectivity index (χ1n) is 4.91. The lowest BCUT2D eigenvalue weighted by Gasteiger charge is -2.03. The molecule has 0 radical (unpaired) electrons. The summed E-state index contributed by atoms with van der Waals surface area (Å²) in [6, 6.07) is 5.53. The van der Waals surface area contributed by atoms with Gasteiger partial charge < -0.3 is 10.6 Å². The molecule has 6 nitrogen and oxygen atoms in total. The summed E-state index contributed by atoms with van der Waals surface area (Å²) in [6.45, 7) is 3.51. The molecule has 0 amide bonds.